The highest BCUT2D eigenvalue weighted by atomic mass is 32.1. The van der Waals surface area contributed by atoms with Crippen LogP contribution in [0.25, 0.3) is 10.2 Å². The number of ether oxygens (including phenoxy) is 1. The predicted octanol–water partition coefficient (Wildman–Crippen LogP) is 4.70. The molecule has 0 aliphatic heterocycles. The highest BCUT2D eigenvalue weighted by molar-refractivity contribution is 7.22. The van der Waals surface area contributed by atoms with Crippen molar-refractivity contribution in [1.82, 2.24) is 10.3 Å². The highest BCUT2D eigenvalue weighted by Crippen LogP contribution is 2.29. The molecule has 0 fully saturated rings. The zero-order chi connectivity index (χ0) is 21.8. The Morgan fingerprint density at radius 3 is 2.60 bits per heavy atom. The second kappa shape index (κ2) is 9.26. The van der Waals surface area contributed by atoms with Crippen LogP contribution in [0.1, 0.15) is 42.3 Å². The Kier molecular flexibility index (Phi) is 6.72. The number of thiazole rings is 1. The molecular formula is C23H27N3O3S. The van der Waals surface area contributed by atoms with Crippen LogP contribution in [0.3, 0.4) is 0 Å². The van der Waals surface area contributed by atoms with Gasteiger partial charge in [0.25, 0.3) is 5.91 Å². The van der Waals surface area contributed by atoms with Gasteiger partial charge < -0.3 is 15.4 Å². The van der Waals surface area contributed by atoms with Gasteiger partial charge in [0.1, 0.15) is 11.8 Å². The summed E-state index contributed by atoms with van der Waals surface area (Å²) in [5.41, 5.74) is 3.52. The molecule has 2 aromatic carbocycles. The maximum absolute atomic E-state index is 13.0. The summed E-state index contributed by atoms with van der Waals surface area (Å²) in [6.45, 7) is 10.1. The van der Waals surface area contributed by atoms with Crippen molar-refractivity contribution in [2.24, 2.45) is 5.92 Å². The van der Waals surface area contributed by atoms with Crippen LogP contribution in [0.5, 0.6) is 5.75 Å². The van der Waals surface area contributed by atoms with Crippen molar-refractivity contribution in [3.63, 3.8) is 0 Å². The molecule has 2 amide bonds. The van der Waals surface area contributed by atoms with Gasteiger partial charge in [0, 0.05) is 0 Å². The molecule has 0 bridgehead atoms. The molecule has 0 aliphatic rings. The van der Waals surface area contributed by atoms with Crippen molar-refractivity contribution in [3.05, 3.63) is 53.1 Å². The third-order valence-corrected chi connectivity index (χ3v) is 5.65. The van der Waals surface area contributed by atoms with Crippen molar-refractivity contribution in [2.75, 3.05) is 11.9 Å². The molecule has 30 heavy (non-hydrogen) atoms. The van der Waals surface area contributed by atoms with E-state index in [0.717, 1.165) is 21.3 Å². The number of carbonyl (C=O) groups excluding carboxylic acids is 2. The molecule has 0 aliphatic carbocycles. The van der Waals surface area contributed by atoms with E-state index in [-0.39, 0.29) is 17.7 Å². The van der Waals surface area contributed by atoms with Gasteiger partial charge in [-0.05, 0) is 56.0 Å². The number of benzene rings is 2. The summed E-state index contributed by atoms with van der Waals surface area (Å²) in [4.78, 5) is 30.4. The van der Waals surface area contributed by atoms with Crippen LogP contribution in [-0.4, -0.2) is 29.4 Å². The van der Waals surface area contributed by atoms with E-state index in [2.05, 4.69) is 27.8 Å². The lowest BCUT2D eigenvalue weighted by Crippen LogP contribution is -2.47. The first kappa shape index (κ1) is 21.8. The summed E-state index contributed by atoms with van der Waals surface area (Å²) in [5, 5.41) is 6.26. The zero-order valence-corrected chi connectivity index (χ0v) is 18.7. The fraction of sp³-hybridized carbons (Fsp3) is 0.348. The van der Waals surface area contributed by atoms with E-state index >= 15 is 0 Å². The first-order valence-electron chi connectivity index (χ1n) is 10.0. The van der Waals surface area contributed by atoms with Gasteiger partial charge in [-0.1, -0.05) is 43.4 Å². The van der Waals surface area contributed by atoms with Gasteiger partial charge in [0.15, 0.2) is 5.13 Å². The number of amides is 2. The van der Waals surface area contributed by atoms with E-state index in [0.29, 0.717) is 23.1 Å². The van der Waals surface area contributed by atoms with Gasteiger partial charge in [-0.15, -0.1) is 0 Å². The summed E-state index contributed by atoms with van der Waals surface area (Å²) >= 11 is 1.43. The van der Waals surface area contributed by atoms with Crippen molar-refractivity contribution in [2.45, 2.75) is 40.7 Å². The van der Waals surface area contributed by atoms with Crippen LogP contribution in [-0.2, 0) is 4.79 Å². The van der Waals surface area contributed by atoms with E-state index in [9.17, 15) is 9.59 Å². The topological polar surface area (TPSA) is 80.3 Å². The fourth-order valence-corrected chi connectivity index (χ4v) is 4.34. The van der Waals surface area contributed by atoms with E-state index in [1.54, 1.807) is 18.2 Å². The van der Waals surface area contributed by atoms with Gasteiger partial charge in [-0.25, -0.2) is 4.98 Å². The SMILES string of the molecule is CCOc1ccccc1C(=O)NC(C(=O)Nc1nc2c(C)cc(C)cc2s1)C(C)C. The Balaban J connectivity index is 1.79. The van der Waals surface area contributed by atoms with Crippen LogP contribution in [0.15, 0.2) is 36.4 Å². The smallest absolute Gasteiger partial charge is 0.255 e. The van der Waals surface area contributed by atoms with Crippen LogP contribution >= 0.6 is 11.3 Å². The van der Waals surface area contributed by atoms with Gasteiger partial charge in [0.2, 0.25) is 5.91 Å². The third-order valence-electron chi connectivity index (χ3n) is 4.73. The molecule has 158 valence electrons. The number of rotatable bonds is 7. The minimum absolute atomic E-state index is 0.105. The summed E-state index contributed by atoms with van der Waals surface area (Å²) in [5.74, 6) is -0.242. The molecule has 2 N–H and O–H groups in total. The lowest BCUT2D eigenvalue weighted by atomic mass is 10.0. The highest BCUT2D eigenvalue weighted by Gasteiger charge is 2.26. The average molecular weight is 426 g/mol. The standard InChI is InChI=1S/C23H27N3O3S/c1-6-29-17-10-8-7-9-16(17)21(27)24-19(13(2)3)22(28)26-23-25-20-15(5)11-14(4)12-18(20)30-23/h7-13,19H,6H2,1-5H3,(H,24,27)(H,25,26,28). The van der Waals surface area contributed by atoms with Crippen LogP contribution < -0.4 is 15.4 Å². The first-order valence-corrected chi connectivity index (χ1v) is 10.8. The number of anilines is 1. The summed E-state index contributed by atoms with van der Waals surface area (Å²) in [6.07, 6.45) is 0. The van der Waals surface area contributed by atoms with Crippen molar-refractivity contribution in [3.8, 4) is 5.75 Å². The van der Waals surface area contributed by atoms with Gasteiger partial charge in [0.05, 0.1) is 22.4 Å². The van der Waals surface area contributed by atoms with Crippen LogP contribution in [0, 0.1) is 19.8 Å². The van der Waals surface area contributed by atoms with E-state index in [4.69, 9.17) is 4.74 Å². The quantitative estimate of drug-likeness (QED) is 0.575. The Bertz CT molecular complexity index is 1070. The summed E-state index contributed by atoms with van der Waals surface area (Å²) < 4.78 is 6.57. The van der Waals surface area contributed by atoms with Crippen LogP contribution in [0.2, 0.25) is 0 Å². The number of aromatic nitrogens is 1. The van der Waals surface area contributed by atoms with E-state index in [1.807, 2.05) is 40.7 Å². The van der Waals surface area contributed by atoms with Crippen molar-refractivity contribution < 1.29 is 14.3 Å². The number of fused-ring (bicyclic) bond motifs is 1. The molecule has 1 unspecified atom stereocenters. The molecule has 3 aromatic rings. The summed E-state index contributed by atoms with van der Waals surface area (Å²) in [6, 6.07) is 10.4. The third kappa shape index (κ3) is 4.79. The monoisotopic (exact) mass is 425 g/mol. The Morgan fingerprint density at radius 2 is 1.90 bits per heavy atom. The number of nitrogens with one attached hydrogen (secondary N) is 2. The Hall–Kier alpha value is -2.93. The van der Waals surface area contributed by atoms with Crippen molar-refractivity contribution >= 4 is 38.5 Å². The second-order valence-electron chi connectivity index (χ2n) is 7.56. The minimum Gasteiger partial charge on any atom is -0.493 e. The average Bonchev–Trinajstić information content (AvgIpc) is 3.08. The van der Waals surface area contributed by atoms with E-state index < -0.39 is 6.04 Å². The molecule has 3 rings (SSSR count). The minimum atomic E-state index is -0.706. The van der Waals surface area contributed by atoms with Crippen molar-refractivity contribution in [1.29, 1.82) is 0 Å². The molecule has 1 aromatic heterocycles. The molecule has 6 nitrogen and oxygen atoms in total. The maximum atomic E-state index is 13.0. The lowest BCUT2D eigenvalue weighted by molar-refractivity contribution is -0.118. The predicted molar refractivity (Wildman–Crippen MR) is 121 cm³/mol. The zero-order valence-electron chi connectivity index (χ0n) is 17.9. The van der Waals surface area contributed by atoms with E-state index in [1.165, 1.54) is 11.3 Å². The Morgan fingerprint density at radius 1 is 1.17 bits per heavy atom. The van der Waals surface area contributed by atoms with Crippen LogP contribution in [0.4, 0.5) is 5.13 Å². The molecular weight excluding hydrogens is 398 g/mol. The number of hydrogen-bond donors (Lipinski definition) is 2. The molecule has 0 saturated carbocycles. The number of para-hydroxylation sites is 1. The molecule has 1 atom stereocenters. The lowest BCUT2D eigenvalue weighted by Gasteiger charge is -2.21. The molecule has 1 heterocycles. The van der Waals surface area contributed by atoms with Gasteiger partial charge in [-0.3, -0.25) is 9.59 Å². The number of aryl methyl sites for hydroxylation is 2. The molecule has 0 spiro atoms. The molecule has 7 heteroatoms. The van der Waals surface area contributed by atoms with Gasteiger partial charge >= 0.3 is 0 Å². The molecule has 0 radical (unpaired) electrons. The molecule has 0 saturated heterocycles. The maximum Gasteiger partial charge on any atom is 0.255 e. The number of carbonyl (C=O) groups is 2. The summed E-state index contributed by atoms with van der Waals surface area (Å²) in [7, 11) is 0. The Labute approximate surface area is 180 Å². The normalized spacial score (nSPS) is 12.1. The second-order valence-corrected chi connectivity index (χ2v) is 8.59. The van der Waals surface area contributed by atoms with Gasteiger partial charge in [-0.2, -0.15) is 0 Å². The fourth-order valence-electron chi connectivity index (χ4n) is 3.30. The number of hydrogen-bond acceptors (Lipinski definition) is 5. The largest absolute Gasteiger partial charge is 0.493 e. The first-order chi connectivity index (χ1) is 14.3. The number of nitrogens with zero attached hydrogens (tertiary/aromatic N) is 1.